The first-order valence-electron chi connectivity index (χ1n) is 6.71. The Bertz CT molecular complexity index is 811. The molecule has 1 aromatic carbocycles. The normalized spacial score (nSPS) is 11.5. The molecule has 0 aliphatic rings. The number of benzene rings is 1. The lowest BCUT2D eigenvalue weighted by Crippen LogP contribution is -2.07. The van der Waals surface area contributed by atoms with Gasteiger partial charge in [-0.25, -0.2) is 14.2 Å². The van der Waals surface area contributed by atoms with E-state index in [9.17, 15) is 9.18 Å². The Morgan fingerprint density at radius 2 is 1.88 bits per heavy atom. The molecule has 0 radical (unpaired) electrons. The van der Waals surface area contributed by atoms with E-state index in [-0.39, 0.29) is 26.7 Å². The zero-order valence-corrected chi connectivity index (χ0v) is 14.5. The highest BCUT2D eigenvalue weighted by molar-refractivity contribution is 6.46. The Labute approximate surface area is 152 Å². The Balaban J connectivity index is 2.42. The largest absolute Gasteiger partial charge is 0.476 e. The second kappa shape index (κ2) is 7.79. The summed E-state index contributed by atoms with van der Waals surface area (Å²) in [5.41, 5.74) is 3.50. The third-order valence-electron chi connectivity index (χ3n) is 3.06. The lowest BCUT2D eigenvalue weighted by atomic mass is 10.1. The molecule has 1 aromatic heterocycles. The molecule has 126 valence electrons. The summed E-state index contributed by atoms with van der Waals surface area (Å²) in [7, 11) is 0. The monoisotopic (exact) mass is 389 g/mol. The summed E-state index contributed by atoms with van der Waals surface area (Å²) in [6.45, 7) is 1.86. The Hall–Kier alpha value is -1.89. The number of hydrazone groups is 1. The first-order valence-corrected chi connectivity index (χ1v) is 7.84. The standard InChI is InChI=1S/C15H11Cl3FN3O2/c1-2-9(7-3-5-8(19)6-4-7)21-22-12-10(16)13(15(23)24)20-14(18)11(12)17/h3-6H,2H2,1H3,(H,20,22)(H,23,24)/b21-9+. The average Bonchev–Trinajstić information content (AvgIpc) is 2.55. The molecule has 0 atom stereocenters. The van der Waals surface area contributed by atoms with Crippen molar-refractivity contribution in [1.82, 2.24) is 4.98 Å². The van der Waals surface area contributed by atoms with Crippen molar-refractivity contribution in [3.05, 3.63) is 56.5 Å². The number of pyridine rings is 1. The van der Waals surface area contributed by atoms with Gasteiger partial charge in [-0.3, -0.25) is 5.43 Å². The summed E-state index contributed by atoms with van der Waals surface area (Å²) in [6.07, 6.45) is 0.526. The van der Waals surface area contributed by atoms with E-state index in [1.54, 1.807) is 12.1 Å². The van der Waals surface area contributed by atoms with Crippen LogP contribution in [0.25, 0.3) is 0 Å². The summed E-state index contributed by atoms with van der Waals surface area (Å²) in [5, 5.41) is 12.8. The van der Waals surface area contributed by atoms with E-state index in [1.165, 1.54) is 12.1 Å². The van der Waals surface area contributed by atoms with Crippen molar-refractivity contribution in [3.8, 4) is 0 Å². The molecule has 0 saturated carbocycles. The van der Waals surface area contributed by atoms with Crippen LogP contribution >= 0.6 is 34.8 Å². The molecule has 5 nitrogen and oxygen atoms in total. The SMILES string of the molecule is CC/C(=N\Nc1c(Cl)c(Cl)nc(C(=O)O)c1Cl)c1ccc(F)cc1. The lowest BCUT2D eigenvalue weighted by molar-refractivity contribution is 0.0691. The number of nitrogens with zero attached hydrogens (tertiary/aromatic N) is 2. The zero-order chi connectivity index (χ0) is 17.9. The van der Waals surface area contributed by atoms with E-state index in [0.29, 0.717) is 17.7 Å². The molecule has 9 heteroatoms. The predicted molar refractivity (Wildman–Crippen MR) is 93.1 cm³/mol. The van der Waals surface area contributed by atoms with Crippen LogP contribution < -0.4 is 5.43 Å². The van der Waals surface area contributed by atoms with Gasteiger partial charge >= 0.3 is 5.97 Å². The molecule has 1 heterocycles. The number of hydrogen-bond donors (Lipinski definition) is 2. The number of rotatable bonds is 5. The number of carboxylic acids is 1. The highest BCUT2D eigenvalue weighted by atomic mass is 35.5. The van der Waals surface area contributed by atoms with Crippen molar-refractivity contribution in [2.45, 2.75) is 13.3 Å². The van der Waals surface area contributed by atoms with Crippen molar-refractivity contribution in [2.75, 3.05) is 5.43 Å². The van der Waals surface area contributed by atoms with Crippen molar-refractivity contribution in [3.63, 3.8) is 0 Å². The fourth-order valence-corrected chi connectivity index (χ4v) is 2.53. The van der Waals surface area contributed by atoms with Gasteiger partial charge in [0.25, 0.3) is 0 Å². The maximum Gasteiger partial charge on any atom is 0.356 e. The molecule has 0 spiro atoms. The average molecular weight is 391 g/mol. The molecule has 0 aliphatic carbocycles. The minimum Gasteiger partial charge on any atom is -0.476 e. The molecule has 0 saturated heterocycles. The number of nitrogens with one attached hydrogen (secondary N) is 1. The molecule has 0 aliphatic heterocycles. The van der Waals surface area contributed by atoms with Crippen LogP contribution in [0, 0.1) is 5.82 Å². The number of aromatic nitrogens is 1. The number of aromatic carboxylic acids is 1. The highest BCUT2D eigenvalue weighted by Gasteiger charge is 2.20. The minimum absolute atomic E-state index is 0.0313. The van der Waals surface area contributed by atoms with Crippen molar-refractivity contribution in [2.24, 2.45) is 5.10 Å². The maximum absolute atomic E-state index is 13.0. The molecule has 0 amide bonds. The zero-order valence-electron chi connectivity index (χ0n) is 12.3. The van der Waals surface area contributed by atoms with Gasteiger partial charge in [-0.2, -0.15) is 5.10 Å². The van der Waals surface area contributed by atoms with E-state index in [2.05, 4.69) is 15.5 Å². The van der Waals surface area contributed by atoms with Crippen LogP contribution in [0.2, 0.25) is 15.2 Å². The Morgan fingerprint density at radius 3 is 2.42 bits per heavy atom. The van der Waals surface area contributed by atoms with Gasteiger partial charge in [-0.15, -0.1) is 0 Å². The molecule has 0 fully saturated rings. The number of hydrogen-bond acceptors (Lipinski definition) is 4. The third kappa shape index (κ3) is 3.95. The van der Waals surface area contributed by atoms with Crippen molar-refractivity contribution in [1.29, 1.82) is 0 Å². The quantitative estimate of drug-likeness (QED) is 0.423. The molecule has 24 heavy (non-hydrogen) atoms. The van der Waals surface area contributed by atoms with Crippen LogP contribution in [0.5, 0.6) is 0 Å². The van der Waals surface area contributed by atoms with Gasteiger partial charge in [0.2, 0.25) is 0 Å². The van der Waals surface area contributed by atoms with Crippen molar-refractivity contribution < 1.29 is 14.3 Å². The molecule has 0 bridgehead atoms. The van der Waals surface area contributed by atoms with Gasteiger partial charge < -0.3 is 5.11 Å². The van der Waals surface area contributed by atoms with E-state index >= 15 is 0 Å². The third-order valence-corrected chi connectivity index (χ3v) is 4.16. The van der Waals surface area contributed by atoms with Gasteiger partial charge in [0, 0.05) is 0 Å². The summed E-state index contributed by atoms with van der Waals surface area (Å²) in [5.74, 6) is -1.71. The maximum atomic E-state index is 13.0. The number of carbonyl (C=O) groups is 1. The fraction of sp³-hybridized carbons (Fsp3) is 0.133. The van der Waals surface area contributed by atoms with E-state index in [4.69, 9.17) is 39.9 Å². The van der Waals surface area contributed by atoms with Crippen LogP contribution in [0.3, 0.4) is 0 Å². The van der Waals surface area contributed by atoms with Crippen LogP contribution in [-0.2, 0) is 0 Å². The van der Waals surface area contributed by atoms with E-state index in [0.717, 1.165) is 0 Å². The van der Waals surface area contributed by atoms with Crippen LogP contribution in [0.1, 0.15) is 29.4 Å². The molecule has 0 unspecified atom stereocenters. The second-order valence-corrected chi connectivity index (χ2v) is 5.70. The Morgan fingerprint density at radius 1 is 1.25 bits per heavy atom. The summed E-state index contributed by atoms with van der Waals surface area (Å²) >= 11 is 17.8. The molecular weight excluding hydrogens is 380 g/mol. The highest BCUT2D eigenvalue weighted by Crippen LogP contribution is 2.37. The smallest absolute Gasteiger partial charge is 0.356 e. The molecule has 2 aromatic rings. The molecule has 2 N–H and O–H groups in total. The van der Waals surface area contributed by atoms with Crippen molar-refractivity contribution >= 4 is 52.2 Å². The van der Waals surface area contributed by atoms with Crippen LogP contribution in [0.15, 0.2) is 29.4 Å². The first kappa shape index (κ1) is 18.4. The molecular formula is C15H11Cl3FN3O2. The lowest BCUT2D eigenvalue weighted by Gasteiger charge is -2.11. The predicted octanol–water partition coefficient (Wildman–Crippen LogP) is 5.11. The first-order chi connectivity index (χ1) is 11.3. The second-order valence-electron chi connectivity index (χ2n) is 4.59. The number of halogens is 4. The van der Waals surface area contributed by atoms with Gasteiger partial charge in [0.1, 0.15) is 15.9 Å². The van der Waals surface area contributed by atoms with Gasteiger partial charge in [0.15, 0.2) is 10.8 Å². The topological polar surface area (TPSA) is 74.6 Å². The number of carboxylic acid groups (broad SMARTS) is 1. The van der Waals surface area contributed by atoms with Crippen LogP contribution in [0.4, 0.5) is 10.1 Å². The number of anilines is 1. The summed E-state index contributed by atoms with van der Waals surface area (Å²) < 4.78 is 13.0. The van der Waals surface area contributed by atoms with E-state index in [1.807, 2.05) is 6.92 Å². The van der Waals surface area contributed by atoms with Gasteiger partial charge in [0.05, 0.1) is 11.4 Å². The van der Waals surface area contributed by atoms with Gasteiger partial charge in [-0.1, -0.05) is 53.9 Å². The van der Waals surface area contributed by atoms with Crippen LogP contribution in [-0.4, -0.2) is 21.8 Å². The van der Waals surface area contributed by atoms with E-state index < -0.39 is 11.7 Å². The Kier molecular flexibility index (Phi) is 5.99. The molecule has 2 rings (SSSR count). The minimum atomic E-state index is -1.35. The fourth-order valence-electron chi connectivity index (χ4n) is 1.87. The summed E-state index contributed by atoms with van der Waals surface area (Å²) in [6, 6.07) is 5.77. The summed E-state index contributed by atoms with van der Waals surface area (Å²) in [4.78, 5) is 14.8. The van der Waals surface area contributed by atoms with Gasteiger partial charge in [-0.05, 0) is 24.1 Å².